The molecule has 0 aromatic rings. The molecule has 2 heteroatoms. The Hall–Kier alpha value is -0.503. The summed E-state index contributed by atoms with van der Waals surface area (Å²) >= 11 is 0. The highest BCUT2D eigenvalue weighted by atomic mass is 28.4. The summed E-state index contributed by atoms with van der Waals surface area (Å²) in [6, 6.07) is 0. The van der Waals surface area contributed by atoms with E-state index in [1.165, 1.54) is 11.1 Å². The van der Waals surface area contributed by atoms with Crippen LogP contribution in [0.25, 0.3) is 0 Å². The van der Waals surface area contributed by atoms with Gasteiger partial charge < -0.3 is 4.43 Å². The average Bonchev–Trinajstić information content (AvgIpc) is 2.14. The molecule has 1 unspecified atom stereocenters. The van der Waals surface area contributed by atoms with Gasteiger partial charge in [-0.05, 0) is 50.6 Å². The third-order valence-corrected chi connectivity index (χ3v) is 3.12. The predicted molar refractivity (Wildman–Crippen MR) is 60.1 cm³/mol. The van der Waals surface area contributed by atoms with Gasteiger partial charge in [0.05, 0.1) is 0 Å². The van der Waals surface area contributed by atoms with Crippen LogP contribution in [0.4, 0.5) is 0 Å². The summed E-state index contributed by atoms with van der Waals surface area (Å²) in [6.45, 7) is 13.2. The Morgan fingerprint density at radius 1 is 1.23 bits per heavy atom. The molecule has 0 fully saturated rings. The molecule has 1 aliphatic rings. The maximum atomic E-state index is 6.04. The molecule has 1 nitrogen and oxygen atoms in total. The van der Waals surface area contributed by atoms with E-state index in [0.717, 1.165) is 5.76 Å². The van der Waals surface area contributed by atoms with Crippen molar-refractivity contribution in [2.75, 3.05) is 0 Å². The van der Waals surface area contributed by atoms with Crippen LogP contribution in [0.5, 0.6) is 0 Å². The molecule has 1 atom stereocenters. The lowest BCUT2D eigenvalue weighted by Gasteiger charge is -2.22. The van der Waals surface area contributed by atoms with Crippen molar-refractivity contribution in [3.8, 4) is 0 Å². The summed E-state index contributed by atoms with van der Waals surface area (Å²) in [7, 11) is -1.43. The van der Waals surface area contributed by atoms with E-state index in [0.29, 0.717) is 5.92 Å². The molecule has 0 N–H and O–H groups in total. The molecule has 0 radical (unpaired) electrons. The monoisotopic (exact) mass is 196 g/mol. The van der Waals surface area contributed by atoms with Gasteiger partial charge in [0.15, 0.2) is 0 Å². The molecule has 0 saturated heterocycles. The van der Waals surface area contributed by atoms with E-state index < -0.39 is 8.32 Å². The molecule has 0 amide bonds. The number of hydrogen-bond acceptors (Lipinski definition) is 1. The summed E-state index contributed by atoms with van der Waals surface area (Å²) < 4.78 is 6.04. The summed E-state index contributed by atoms with van der Waals surface area (Å²) in [6.07, 6.45) is 2.28. The summed E-state index contributed by atoms with van der Waals surface area (Å²) in [4.78, 5) is 0. The van der Waals surface area contributed by atoms with Crippen LogP contribution in [0.1, 0.15) is 20.8 Å². The molecule has 0 bridgehead atoms. The van der Waals surface area contributed by atoms with Gasteiger partial charge in [0, 0.05) is 0 Å². The van der Waals surface area contributed by atoms with Crippen LogP contribution in [-0.4, -0.2) is 8.32 Å². The minimum absolute atomic E-state index is 0.561. The van der Waals surface area contributed by atoms with Crippen molar-refractivity contribution in [2.45, 2.75) is 40.4 Å². The molecular weight excluding hydrogens is 176 g/mol. The van der Waals surface area contributed by atoms with Gasteiger partial charge in [-0.25, -0.2) is 0 Å². The Bertz CT molecular complexity index is 268. The highest BCUT2D eigenvalue weighted by Crippen LogP contribution is 2.32. The first kappa shape index (κ1) is 10.6. The molecule has 0 aromatic heterocycles. The molecule has 1 rings (SSSR count). The fraction of sp³-hybridized carbons (Fsp3) is 0.636. The lowest BCUT2D eigenvalue weighted by Crippen LogP contribution is -2.25. The van der Waals surface area contributed by atoms with Crippen LogP contribution in [-0.2, 0) is 4.43 Å². The van der Waals surface area contributed by atoms with Gasteiger partial charge in [0.2, 0.25) is 8.32 Å². The van der Waals surface area contributed by atoms with E-state index in [1.54, 1.807) is 0 Å². The van der Waals surface area contributed by atoms with E-state index in [-0.39, 0.29) is 0 Å². The van der Waals surface area contributed by atoms with E-state index in [1.807, 2.05) is 0 Å². The second-order valence-corrected chi connectivity index (χ2v) is 9.29. The lowest BCUT2D eigenvalue weighted by atomic mass is 10.1. The van der Waals surface area contributed by atoms with Crippen molar-refractivity contribution < 1.29 is 4.43 Å². The number of rotatable bonds is 2. The molecule has 0 heterocycles. The first-order chi connectivity index (χ1) is 5.81. The Labute approximate surface area is 82.6 Å². The average molecular weight is 196 g/mol. The highest BCUT2D eigenvalue weighted by molar-refractivity contribution is 6.70. The molecule has 74 valence electrons. The van der Waals surface area contributed by atoms with Crippen molar-refractivity contribution in [3.05, 3.63) is 23.0 Å². The fourth-order valence-electron chi connectivity index (χ4n) is 1.56. The van der Waals surface area contributed by atoms with Crippen molar-refractivity contribution in [2.24, 2.45) is 5.92 Å². The van der Waals surface area contributed by atoms with Gasteiger partial charge in [-0.15, -0.1) is 0 Å². The minimum Gasteiger partial charge on any atom is -0.544 e. The van der Waals surface area contributed by atoms with E-state index in [4.69, 9.17) is 4.43 Å². The maximum absolute atomic E-state index is 6.04. The standard InChI is InChI=1S/C11H20OSi/c1-8-7-9(2)11(10(8)3)12-13(4,5)6/h7-8H,1-6H3. The molecular formula is C11H20OSi. The Morgan fingerprint density at radius 2 is 1.77 bits per heavy atom. The van der Waals surface area contributed by atoms with Crippen LogP contribution in [0, 0.1) is 5.92 Å². The molecule has 0 aromatic carbocycles. The zero-order valence-corrected chi connectivity index (χ0v) is 10.6. The van der Waals surface area contributed by atoms with Gasteiger partial charge in [0.1, 0.15) is 5.76 Å². The highest BCUT2D eigenvalue weighted by Gasteiger charge is 2.24. The van der Waals surface area contributed by atoms with Crippen LogP contribution < -0.4 is 0 Å². The maximum Gasteiger partial charge on any atom is 0.242 e. The van der Waals surface area contributed by atoms with Crippen LogP contribution in [0.15, 0.2) is 23.0 Å². The Morgan fingerprint density at radius 3 is 2.08 bits per heavy atom. The third-order valence-electron chi connectivity index (χ3n) is 2.31. The van der Waals surface area contributed by atoms with Gasteiger partial charge in [0.25, 0.3) is 0 Å². The second kappa shape index (κ2) is 3.33. The third kappa shape index (κ3) is 2.47. The molecule has 0 spiro atoms. The normalized spacial score (nSPS) is 23.5. The summed E-state index contributed by atoms with van der Waals surface area (Å²) in [5.41, 5.74) is 2.70. The van der Waals surface area contributed by atoms with Gasteiger partial charge in [-0.1, -0.05) is 13.0 Å². The summed E-state index contributed by atoms with van der Waals surface area (Å²) in [5, 5.41) is 0. The van der Waals surface area contributed by atoms with Crippen molar-refractivity contribution in [3.63, 3.8) is 0 Å². The van der Waals surface area contributed by atoms with Gasteiger partial charge >= 0.3 is 0 Å². The van der Waals surface area contributed by atoms with E-state index >= 15 is 0 Å². The predicted octanol–water partition coefficient (Wildman–Crippen LogP) is 3.71. The van der Waals surface area contributed by atoms with Crippen molar-refractivity contribution in [1.29, 1.82) is 0 Å². The lowest BCUT2D eigenvalue weighted by molar-refractivity contribution is 0.427. The zero-order chi connectivity index (χ0) is 10.2. The Balaban J connectivity index is 2.86. The molecule has 1 aliphatic carbocycles. The topological polar surface area (TPSA) is 9.23 Å². The smallest absolute Gasteiger partial charge is 0.242 e. The first-order valence-corrected chi connectivity index (χ1v) is 8.30. The SMILES string of the molecule is CC1=CC(C)C(C)=C1O[Si](C)(C)C. The van der Waals surface area contributed by atoms with Gasteiger partial charge in [-0.2, -0.15) is 0 Å². The van der Waals surface area contributed by atoms with Gasteiger partial charge in [-0.3, -0.25) is 0 Å². The number of hydrogen-bond donors (Lipinski definition) is 0. The summed E-state index contributed by atoms with van der Waals surface area (Å²) in [5.74, 6) is 1.72. The number of allylic oxidation sites excluding steroid dienone is 3. The molecule has 13 heavy (non-hydrogen) atoms. The van der Waals surface area contributed by atoms with E-state index in [2.05, 4.69) is 46.5 Å². The van der Waals surface area contributed by atoms with Crippen molar-refractivity contribution >= 4 is 8.32 Å². The van der Waals surface area contributed by atoms with E-state index in [9.17, 15) is 0 Å². The van der Waals surface area contributed by atoms with Crippen LogP contribution in [0.3, 0.4) is 0 Å². The fourth-order valence-corrected chi connectivity index (χ4v) is 2.49. The second-order valence-electron chi connectivity index (χ2n) is 4.86. The first-order valence-electron chi connectivity index (χ1n) is 4.90. The minimum atomic E-state index is -1.43. The molecule has 0 aliphatic heterocycles. The zero-order valence-electron chi connectivity index (χ0n) is 9.56. The Kier molecular flexibility index (Phi) is 2.71. The van der Waals surface area contributed by atoms with Crippen LogP contribution in [0.2, 0.25) is 19.6 Å². The quantitative estimate of drug-likeness (QED) is 0.612. The molecule has 0 saturated carbocycles. The van der Waals surface area contributed by atoms with Crippen molar-refractivity contribution in [1.82, 2.24) is 0 Å². The largest absolute Gasteiger partial charge is 0.544 e. The van der Waals surface area contributed by atoms with Crippen LogP contribution >= 0.6 is 0 Å².